The van der Waals surface area contributed by atoms with E-state index in [4.69, 9.17) is 0 Å². The third kappa shape index (κ3) is 3.51. The van der Waals surface area contributed by atoms with Gasteiger partial charge in [0.25, 0.3) is 5.91 Å². The molecule has 1 amide bonds. The second kappa shape index (κ2) is 6.93. The van der Waals surface area contributed by atoms with E-state index in [2.05, 4.69) is 55.0 Å². The molecule has 0 unspecified atom stereocenters. The Hall–Kier alpha value is -2.53. The molecule has 0 bridgehead atoms. The van der Waals surface area contributed by atoms with Crippen molar-refractivity contribution in [2.24, 2.45) is 4.99 Å². The van der Waals surface area contributed by atoms with Gasteiger partial charge in [0.2, 0.25) is 4.80 Å². The van der Waals surface area contributed by atoms with E-state index in [0.29, 0.717) is 10.4 Å². The molecule has 122 valence electrons. The molecule has 0 saturated carbocycles. The molecule has 0 N–H and O–H groups in total. The lowest BCUT2D eigenvalue weighted by Crippen LogP contribution is -2.06. The van der Waals surface area contributed by atoms with Crippen LogP contribution < -0.4 is 4.80 Å². The van der Waals surface area contributed by atoms with E-state index >= 15 is 0 Å². The molecular formula is C19H19N3OS. The lowest BCUT2D eigenvalue weighted by molar-refractivity contribution is 0.0998. The van der Waals surface area contributed by atoms with E-state index in [0.717, 1.165) is 11.5 Å². The van der Waals surface area contributed by atoms with Crippen LogP contribution in [0.15, 0.2) is 59.6 Å². The van der Waals surface area contributed by atoms with E-state index < -0.39 is 0 Å². The zero-order chi connectivity index (χ0) is 17.1. The minimum absolute atomic E-state index is 0.235. The van der Waals surface area contributed by atoms with Gasteiger partial charge in [-0.1, -0.05) is 49.7 Å². The minimum Gasteiger partial charge on any atom is -0.267 e. The number of aromatic nitrogens is 2. The minimum atomic E-state index is -0.268. The van der Waals surface area contributed by atoms with Crippen LogP contribution in [0.25, 0.3) is 5.69 Å². The standard InChI is InChI=1S/C19H19N3OS/c1-13(2)17-20-19(21-18(23)15-7-5-4-6-8-15)24-22(17)16-11-9-14(3)10-12-16/h4-13H,1-3H3. The van der Waals surface area contributed by atoms with Gasteiger partial charge in [0.1, 0.15) is 5.82 Å². The maximum atomic E-state index is 12.3. The van der Waals surface area contributed by atoms with E-state index in [1.54, 1.807) is 12.1 Å². The monoisotopic (exact) mass is 337 g/mol. The maximum absolute atomic E-state index is 12.3. The third-order valence-corrected chi connectivity index (χ3v) is 4.52. The Morgan fingerprint density at radius 2 is 1.75 bits per heavy atom. The van der Waals surface area contributed by atoms with Gasteiger partial charge in [-0.2, -0.15) is 4.99 Å². The van der Waals surface area contributed by atoms with Gasteiger partial charge in [0, 0.05) is 11.5 Å². The van der Waals surface area contributed by atoms with E-state index in [1.807, 2.05) is 22.2 Å². The van der Waals surface area contributed by atoms with Crippen LogP contribution in [0.5, 0.6) is 0 Å². The van der Waals surface area contributed by atoms with Crippen LogP contribution in [0.1, 0.15) is 41.5 Å². The molecule has 0 radical (unpaired) electrons. The van der Waals surface area contributed by atoms with Gasteiger partial charge in [0.05, 0.1) is 5.69 Å². The van der Waals surface area contributed by atoms with Crippen molar-refractivity contribution >= 4 is 17.4 Å². The van der Waals surface area contributed by atoms with Crippen molar-refractivity contribution in [1.82, 2.24) is 8.94 Å². The molecule has 4 nitrogen and oxygen atoms in total. The topological polar surface area (TPSA) is 47.2 Å². The fraction of sp³-hybridized carbons (Fsp3) is 0.211. The number of hydrogen-bond donors (Lipinski definition) is 0. The number of nitrogens with zero attached hydrogens (tertiary/aromatic N) is 3. The van der Waals surface area contributed by atoms with Gasteiger partial charge < -0.3 is 0 Å². The largest absolute Gasteiger partial charge is 0.279 e. The molecule has 0 fully saturated rings. The summed E-state index contributed by atoms with van der Waals surface area (Å²) < 4.78 is 2.04. The number of hydrogen-bond acceptors (Lipinski definition) is 3. The van der Waals surface area contributed by atoms with Gasteiger partial charge in [-0.05, 0) is 42.7 Å². The quantitative estimate of drug-likeness (QED) is 0.722. The van der Waals surface area contributed by atoms with Crippen LogP contribution in [-0.2, 0) is 0 Å². The zero-order valence-corrected chi connectivity index (χ0v) is 14.7. The van der Waals surface area contributed by atoms with Crippen molar-refractivity contribution in [3.8, 4) is 5.69 Å². The fourth-order valence-corrected chi connectivity index (χ4v) is 3.29. The molecule has 0 spiro atoms. The second-order valence-corrected chi connectivity index (χ2v) is 6.82. The van der Waals surface area contributed by atoms with Crippen LogP contribution in [0.3, 0.4) is 0 Å². The molecule has 3 rings (SSSR count). The molecule has 0 aliphatic heterocycles. The Morgan fingerprint density at radius 3 is 2.38 bits per heavy atom. The SMILES string of the molecule is Cc1ccc(-n2sc(=NC(=O)c3ccccc3)nc2C(C)C)cc1. The summed E-state index contributed by atoms with van der Waals surface area (Å²) in [4.78, 5) is 21.5. The zero-order valence-electron chi connectivity index (χ0n) is 13.9. The van der Waals surface area contributed by atoms with Crippen LogP contribution in [0, 0.1) is 6.92 Å². The van der Waals surface area contributed by atoms with Gasteiger partial charge >= 0.3 is 0 Å². The average molecular weight is 337 g/mol. The van der Waals surface area contributed by atoms with Crippen LogP contribution in [0.4, 0.5) is 0 Å². The summed E-state index contributed by atoms with van der Waals surface area (Å²) in [7, 11) is 0. The highest BCUT2D eigenvalue weighted by molar-refractivity contribution is 7.04. The van der Waals surface area contributed by atoms with Crippen molar-refractivity contribution in [2.45, 2.75) is 26.7 Å². The summed E-state index contributed by atoms with van der Waals surface area (Å²) in [6.45, 7) is 6.23. The first-order valence-electron chi connectivity index (χ1n) is 7.86. The molecule has 0 atom stereocenters. The van der Waals surface area contributed by atoms with Crippen molar-refractivity contribution < 1.29 is 4.79 Å². The summed E-state index contributed by atoms with van der Waals surface area (Å²) >= 11 is 1.39. The normalized spacial score (nSPS) is 11.9. The highest BCUT2D eigenvalue weighted by Crippen LogP contribution is 2.19. The summed E-state index contributed by atoms with van der Waals surface area (Å²) in [6.07, 6.45) is 0. The highest BCUT2D eigenvalue weighted by Gasteiger charge is 2.13. The predicted molar refractivity (Wildman–Crippen MR) is 96.6 cm³/mol. The van der Waals surface area contributed by atoms with Crippen molar-refractivity contribution in [3.63, 3.8) is 0 Å². The van der Waals surface area contributed by atoms with E-state index in [1.165, 1.54) is 17.1 Å². The summed E-state index contributed by atoms with van der Waals surface area (Å²) in [5.41, 5.74) is 2.82. The van der Waals surface area contributed by atoms with Crippen molar-refractivity contribution in [2.75, 3.05) is 0 Å². The third-order valence-electron chi connectivity index (χ3n) is 3.59. The lowest BCUT2D eigenvalue weighted by atomic mass is 10.2. The molecule has 24 heavy (non-hydrogen) atoms. The van der Waals surface area contributed by atoms with Gasteiger partial charge in [0.15, 0.2) is 0 Å². The first-order valence-corrected chi connectivity index (χ1v) is 8.63. The molecule has 0 saturated heterocycles. The predicted octanol–water partition coefficient (Wildman–Crippen LogP) is 4.11. The Labute approximate surface area is 145 Å². The summed E-state index contributed by atoms with van der Waals surface area (Å²) in [5, 5.41) is 0. The van der Waals surface area contributed by atoms with Crippen LogP contribution in [-0.4, -0.2) is 14.8 Å². The number of rotatable bonds is 3. The number of carbonyl (C=O) groups excluding carboxylic acids is 1. The Bertz CT molecular complexity index is 906. The fourth-order valence-electron chi connectivity index (χ4n) is 2.30. The molecule has 1 heterocycles. The lowest BCUT2D eigenvalue weighted by Gasteiger charge is -2.08. The molecule has 2 aromatic carbocycles. The van der Waals surface area contributed by atoms with Gasteiger partial charge in [-0.3, -0.25) is 4.79 Å². The first-order chi connectivity index (χ1) is 11.5. The van der Waals surface area contributed by atoms with Crippen LogP contribution in [0.2, 0.25) is 0 Å². The first kappa shape index (κ1) is 16.3. The molecule has 3 aromatic rings. The second-order valence-electron chi connectivity index (χ2n) is 5.91. The Kier molecular flexibility index (Phi) is 4.71. The van der Waals surface area contributed by atoms with Crippen LogP contribution >= 0.6 is 11.5 Å². The summed E-state index contributed by atoms with van der Waals surface area (Å²) in [5.74, 6) is 0.873. The Balaban J connectivity index is 2.04. The van der Waals surface area contributed by atoms with E-state index in [-0.39, 0.29) is 11.8 Å². The Morgan fingerprint density at radius 1 is 1.08 bits per heavy atom. The molecule has 0 aliphatic carbocycles. The van der Waals surface area contributed by atoms with Gasteiger partial charge in [-0.15, -0.1) is 0 Å². The summed E-state index contributed by atoms with van der Waals surface area (Å²) in [6, 6.07) is 17.3. The molecule has 5 heteroatoms. The van der Waals surface area contributed by atoms with Crippen molar-refractivity contribution in [3.05, 3.63) is 76.4 Å². The van der Waals surface area contributed by atoms with Gasteiger partial charge in [-0.25, -0.2) is 8.94 Å². The molecule has 1 aromatic heterocycles. The number of amides is 1. The maximum Gasteiger partial charge on any atom is 0.279 e. The number of benzene rings is 2. The number of carbonyl (C=O) groups is 1. The average Bonchev–Trinajstić information content (AvgIpc) is 3.00. The van der Waals surface area contributed by atoms with Crippen molar-refractivity contribution in [1.29, 1.82) is 0 Å². The molecular weight excluding hydrogens is 318 g/mol. The number of aryl methyl sites for hydroxylation is 1. The van der Waals surface area contributed by atoms with E-state index in [9.17, 15) is 4.79 Å². The highest BCUT2D eigenvalue weighted by atomic mass is 32.1. The smallest absolute Gasteiger partial charge is 0.267 e. The molecule has 0 aliphatic rings.